The van der Waals surface area contributed by atoms with E-state index in [2.05, 4.69) is 11.9 Å². The molecule has 36 heavy (non-hydrogen) atoms. The van der Waals surface area contributed by atoms with Crippen molar-refractivity contribution in [1.29, 1.82) is 0 Å². The summed E-state index contributed by atoms with van der Waals surface area (Å²) in [5.74, 6) is 1.92. The fourth-order valence-corrected chi connectivity index (χ4v) is 4.33. The standard InChI is InChI=1S/C21H23NO5.C7H6O2/c1-22-7-6-14-9-19-20(27-12-26-19)10-15(14)17(23)8-13-4-5-18(24-2)21(25-3)16(13)11-22;8-7(9)6-4-2-1-3-5-6/h4-5,9-10H,6-8,11-12H2,1-3H3;1-5H,(H,8,9). The number of nitrogens with zero attached hydrogens (tertiary/aromatic N) is 1. The van der Waals surface area contributed by atoms with Crippen LogP contribution in [0.2, 0.25) is 0 Å². The summed E-state index contributed by atoms with van der Waals surface area (Å²) < 4.78 is 22.0. The van der Waals surface area contributed by atoms with Gasteiger partial charge in [-0.2, -0.15) is 0 Å². The summed E-state index contributed by atoms with van der Waals surface area (Å²) in [6.45, 7) is 1.69. The first-order valence-electron chi connectivity index (χ1n) is 11.6. The van der Waals surface area contributed by atoms with Crippen molar-refractivity contribution < 1.29 is 33.6 Å². The van der Waals surface area contributed by atoms with E-state index in [9.17, 15) is 9.59 Å². The fourth-order valence-electron chi connectivity index (χ4n) is 4.33. The molecular formula is C28H29NO7. The number of hydrogen-bond acceptors (Lipinski definition) is 7. The van der Waals surface area contributed by atoms with E-state index in [1.54, 1.807) is 44.6 Å². The lowest BCUT2D eigenvalue weighted by Crippen LogP contribution is -2.24. The van der Waals surface area contributed by atoms with E-state index < -0.39 is 5.97 Å². The Morgan fingerprint density at radius 2 is 1.69 bits per heavy atom. The number of carbonyl (C=O) groups is 2. The summed E-state index contributed by atoms with van der Waals surface area (Å²) in [7, 11) is 5.33. The average Bonchev–Trinajstić information content (AvgIpc) is 3.35. The van der Waals surface area contributed by atoms with Crippen LogP contribution in [-0.4, -0.2) is 56.4 Å². The minimum absolute atomic E-state index is 0.0707. The Bertz CT molecular complexity index is 1260. The molecule has 0 radical (unpaired) electrons. The maximum Gasteiger partial charge on any atom is 0.335 e. The Morgan fingerprint density at radius 3 is 2.33 bits per heavy atom. The van der Waals surface area contributed by atoms with Crippen LogP contribution in [0.25, 0.3) is 0 Å². The molecule has 8 heteroatoms. The monoisotopic (exact) mass is 491 g/mol. The second-order valence-corrected chi connectivity index (χ2v) is 8.56. The average molecular weight is 492 g/mol. The Kier molecular flexibility index (Phi) is 7.75. The maximum atomic E-state index is 13.1. The SMILES string of the molecule is COc1ccc2c(c1OC)CN(C)CCc1cc3c(cc1C(=O)C2)OCO3.O=C(O)c1ccccc1. The van der Waals surface area contributed by atoms with Crippen LogP contribution in [0.3, 0.4) is 0 Å². The number of aromatic carboxylic acids is 1. The first-order chi connectivity index (χ1) is 17.4. The molecule has 0 saturated heterocycles. The lowest BCUT2D eigenvalue weighted by atomic mass is 9.92. The number of rotatable bonds is 3. The molecule has 0 atom stereocenters. The van der Waals surface area contributed by atoms with Gasteiger partial charge in [0.25, 0.3) is 0 Å². The summed E-state index contributed by atoms with van der Waals surface area (Å²) >= 11 is 0. The van der Waals surface area contributed by atoms with Crippen LogP contribution >= 0.6 is 0 Å². The number of ether oxygens (including phenoxy) is 4. The van der Waals surface area contributed by atoms with Crippen molar-refractivity contribution in [3.05, 3.63) is 82.4 Å². The van der Waals surface area contributed by atoms with Gasteiger partial charge in [0.1, 0.15) is 0 Å². The summed E-state index contributed by atoms with van der Waals surface area (Å²) in [6.07, 6.45) is 1.06. The molecule has 0 unspecified atom stereocenters. The number of fused-ring (bicyclic) bond motifs is 3. The van der Waals surface area contributed by atoms with Gasteiger partial charge < -0.3 is 29.0 Å². The molecule has 0 amide bonds. The third kappa shape index (κ3) is 5.44. The van der Waals surface area contributed by atoms with E-state index in [0.29, 0.717) is 47.1 Å². The Morgan fingerprint density at radius 1 is 0.972 bits per heavy atom. The predicted molar refractivity (Wildman–Crippen MR) is 134 cm³/mol. The second kappa shape index (κ2) is 11.1. The van der Waals surface area contributed by atoms with Gasteiger partial charge in [0.05, 0.1) is 19.8 Å². The molecule has 0 fully saturated rings. The first-order valence-corrected chi connectivity index (χ1v) is 11.6. The van der Waals surface area contributed by atoms with Crippen LogP contribution in [0.1, 0.15) is 37.4 Å². The molecule has 3 aromatic rings. The number of methoxy groups -OCH3 is 2. The summed E-state index contributed by atoms with van der Waals surface area (Å²) in [6, 6.07) is 15.9. The van der Waals surface area contributed by atoms with Crippen LogP contribution in [-0.2, 0) is 19.4 Å². The molecule has 2 heterocycles. The van der Waals surface area contributed by atoms with Gasteiger partial charge in [-0.05, 0) is 54.9 Å². The molecule has 0 saturated carbocycles. The number of hydrogen-bond donors (Lipinski definition) is 1. The molecule has 5 rings (SSSR count). The van der Waals surface area contributed by atoms with E-state index in [1.165, 1.54) is 0 Å². The zero-order valence-corrected chi connectivity index (χ0v) is 20.6. The van der Waals surface area contributed by atoms with E-state index in [0.717, 1.165) is 29.7 Å². The second-order valence-electron chi connectivity index (χ2n) is 8.56. The van der Waals surface area contributed by atoms with E-state index in [4.69, 9.17) is 24.1 Å². The Balaban J connectivity index is 0.000000286. The summed E-state index contributed by atoms with van der Waals surface area (Å²) in [4.78, 5) is 25.6. The number of ketones is 1. The van der Waals surface area contributed by atoms with Gasteiger partial charge >= 0.3 is 5.97 Å². The normalized spacial score (nSPS) is 14.6. The van der Waals surface area contributed by atoms with Crippen molar-refractivity contribution in [2.24, 2.45) is 0 Å². The molecular weight excluding hydrogens is 462 g/mol. The van der Waals surface area contributed by atoms with Crippen molar-refractivity contribution >= 4 is 11.8 Å². The van der Waals surface area contributed by atoms with Crippen LogP contribution in [0.4, 0.5) is 0 Å². The third-order valence-electron chi connectivity index (χ3n) is 6.21. The molecule has 3 aromatic carbocycles. The van der Waals surface area contributed by atoms with Crippen LogP contribution in [0, 0.1) is 0 Å². The first kappa shape index (κ1) is 25.1. The van der Waals surface area contributed by atoms with Crippen molar-refractivity contribution in [2.45, 2.75) is 19.4 Å². The van der Waals surface area contributed by atoms with Gasteiger partial charge in [-0.15, -0.1) is 0 Å². The Hall–Kier alpha value is -4.04. The smallest absolute Gasteiger partial charge is 0.335 e. The lowest BCUT2D eigenvalue weighted by molar-refractivity contribution is 0.0696. The number of carboxylic acids is 1. The van der Waals surface area contributed by atoms with Gasteiger partial charge in [-0.3, -0.25) is 4.79 Å². The van der Waals surface area contributed by atoms with Crippen LogP contribution in [0.5, 0.6) is 23.0 Å². The lowest BCUT2D eigenvalue weighted by Gasteiger charge is -2.24. The van der Waals surface area contributed by atoms with Crippen molar-refractivity contribution in [2.75, 3.05) is 34.6 Å². The number of likely N-dealkylation sites (N-methyl/N-ethyl adjacent to an activating group) is 1. The summed E-state index contributed by atoms with van der Waals surface area (Å²) in [5.41, 5.74) is 3.99. The molecule has 0 spiro atoms. The highest BCUT2D eigenvalue weighted by atomic mass is 16.7. The Labute approximate surface area is 210 Å². The quantitative estimate of drug-likeness (QED) is 0.582. The van der Waals surface area contributed by atoms with Gasteiger partial charge in [-0.25, -0.2) is 4.79 Å². The zero-order chi connectivity index (χ0) is 25.7. The van der Waals surface area contributed by atoms with Gasteiger partial charge in [0.2, 0.25) is 6.79 Å². The highest BCUT2D eigenvalue weighted by molar-refractivity contribution is 6.00. The number of benzene rings is 3. The highest BCUT2D eigenvalue weighted by Gasteiger charge is 2.25. The molecule has 2 aliphatic rings. The van der Waals surface area contributed by atoms with E-state index >= 15 is 0 Å². The summed E-state index contributed by atoms with van der Waals surface area (Å²) in [5, 5.41) is 8.38. The van der Waals surface area contributed by atoms with Crippen molar-refractivity contribution in [1.82, 2.24) is 4.90 Å². The van der Waals surface area contributed by atoms with Crippen molar-refractivity contribution in [3.63, 3.8) is 0 Å². The number of carbonyl (C=O) groups excluding carboxylic acids is 1. The van der Waals surface area contributed by atoms with E-state index in [1.807, 2.05) is 24.3 Å². The zero-order valence-electron chi connectivity index (χ0n) is 20.6. The number of carboxylic acid groups (broad SMARTS) is 1. The fraction of sp³-hybridized carbons (Fsp3) is 0.286. The van der Waals surface area contributed by atoms with Gasteiger partial charge in [0.15, 0.2) is 28.8 Å². The van der Waals surface area contributed by atoms with Crippen LogP contribution in [0.15, 0.2) is 54.6 Å². The van der Waals surface area contributed by atoms with Gasteiger partial charge in [0, 0.05) is 30.6 Å². The maximum absolute atomic E-state index is 13.1. The largest absolute Gasteiger partial charge is 0.493 e. The molecule has 188 valence electrons. The minimum atomic E-state index is -0.879. The molecule has 2 aliphatic heterocycles. The van der Waals surface area contributed by atoms with E-state index in [-0.39, 0.29) is 12.6 Å². The topological polar surface area (TPSA) is 94.5 Å². The van der Waals surface area contributed by atoms with Crippen LogP contribution < -0.4 is 18.9 Å². The molecule has 0 aromatic heterocycles. The third-order valence-corrected chi connectivity index (χ3v) is 6.21. The van der Waals surface area contributed by atoms with Gasteiger partial charge in [-0.1, -0.05) is 24.3 Å². The molecule has 8 nitrogen and oxygen atoms in total. The molecule has 0 aliphatic carbocycles. The molecule has 1 N–H and O–H groups in total. The number of Topliss-reactive ketones (excluding diaryl/α,β-unsaturated/α-hetero) is 1. The van der Waals surface area contributed by atoms with Crippen molar-refractivity contribution in [3.8, 4) is 23.0 Å². The predicted octanol–water partition coefficient (Wildman–Crippen LogP) is 4.23. The molecule has 0 bridgehead atoms. The minimum Gasteiger partial charge on any atom is -0.493 e. The highest BCUT2D eigenvalue weighted by Crippen LogP contribution is 2.38.